The maximum Gasteiger partial charge on any atom is 0.419 e. The van der Waals surface area contributed by atoms with Gasteiger partial charge in [0.1, 0.15) is 21.5 Å². The fourth-order valence-corrected chi connectivity index (χ4v) is 2.86. The first kappa shape index (κ1) is 15.8. The minimum Gasteiger partial charge on any atom is -0.416 e. The summed E-state index contributed by atoms with van der Waals surface area (Å²) in [5.41, 5.74) is 0. The normalized spacial score (nSPS) is 10.7. The Morgan fingerprint density at radius 3 is 1.55 bits per heavy atom. The second-order valence-corrected chi connectivity index (χ2v) is 6.04. The maximum atomic E-state index is 11.8. The van der Waals surface area contributed by atoms with Crippen molar-refractivity contribution in [1.82, 2.24) is 0 Å². The van der Waals surface area contributed by atoms with E-state index in [0.29, 0.717) is 10.0 Å². The van der Waals surface area contributed by atoms with Gasteiger partial charge < -0.3 is 9.05 Å². The highest BCUT2D eigenvalue weighted by Gasteiger charge is 2.12. The molecular weight excluding hydrogens is 365 g/mol. The third-order valence-corrected chi connectivity index (χ3v) is 4.60. The molecule has 0 saturated heterocycles. The first-order chi connectivity index (χ1) is 9.49. The zero-order valence-corrected chi connectivity index (χ0v) is 13.7. The van der Waals surface area contributed by atoms with E-state index in [4.69, 9.17) is 55.5 Å². The summed E-state index contributed by atoms with van der Waals surface area (Å²) in [7, 11) is -2.91. The molecule has 0 amide bonds. The van der Waals surface area contributed by atoms with Crippen molar-refractivity contribution < 1.29 is 13.6 Å². The highest BCUT2D eigenvalue weighted by molar-refractivity contribution is 7.34. The van der Waals surface area contributed by atoms with Gasteiger partial charge in [0.15, 0.2) is 0 Å². The minimum atomic E-state index is -2.91. The Morgan fingerprint density at radius 2 is 1.15 bits per heavy atom. The van der Waals surface area contributed by atoms with Crippen LogP contribution in [0.1, 0.15) is 0 Å². The Balaban J connectivity index is 2.13. The Kier molecular flexibility index (Phi) is 5.48. The van der Waals surface area contributed by atoms with E-state index in [1.807, 2.05) is 0 Å². The molecule has 0 aliphatic rings. The van der Waals surface area contributed by atoms with E-state index in [1.54, 1.807) is 24.3 Å². The third kappa shape index (κ3) is 3.75. The van der Waals surface area contributed by atoms with Crippen LogP contribution in [0.2, 0.25) is 20.1 Å². The Hall–Kier alpha value is -0.570. The summed E-state index contributed by atoms with van der Waals surface area (Å²) in [5.74, 6) is 0.336. The van der Waals surface area contributed by atoms with E-state index in [9.17, 15) is 4.57 Å². The first-order valence-electron chi connectivity index (χ1n) is 5.26. The van der Waals surface area contributed by atoms with Gasteiger partial charge in [-0.1, -0.05) is 58.5 Å². The molecular formula is C12H7Cl4O3P. The molecule has 0 aromatic heterocycles. The van der Waals surface area contributed by atoms with Gasteiger partial charge in [0, 0.05) is 0 Å². The highest BCUT2D eigenvalue weighted by atomic mass is 35.5. The SMILES string of the molecule is O=[PH](Oc1cccc(Cl)c1Cl)Oc1cccc(Cl)c1Cl. The van der Waals surface area contributed by atoms with Gasteiger partial charge in [0.05, 0.1) is 10.0 Å². The molecule has 0 radical (unpaired) electrons. The van der Waals surface area contributed by atoms with Crippen molar-refractivity contribution in [3.63, 3.8) is 0 Å². The van der Waals surface area contributed by atoms with Gasteiger partial charge in [-0.05, 0) is 24.3 Å². The van der Waals surface area contributed by atoms with E-state index < -0.39 is 8.25 Å². The predicted molar refractivity (Wildman–Crippen MR) is 83.2 cm³/mol. The molecule has 2 rings (SSSR count). The summed E-state index contributed by atoms with van der Waals surface area (Å²) in [6, 6.07) is 9.46. The summed E-state index contributed by atoms with van der Waals surface area (Å²) in [6.07, 6.45) is 0. The smallest absolute Gasteiger partial charge is 0.416 e. The lowest BCUT2D eigenvalue weighted by Gasteiger charge is -2.11. The number of benzene rings is 2. The Bertz CT molecular complexity index is 608. The highest BCUT2D eigenvalue weighted by Crippen LogP contribution is 2.40. The second kappa shape index (κ2) is 6.93. The monoisotopic (exact) mass is 370 g/mol. The quantitative estimate of drug-likeness (QED) is 0.605. The number of rotatable bonds is 4. The standard InChI is InChI=1S/C12H7Cl4O3P/c13-7-3-1-5-9(11(7)15)18-20(17)19-10-6-2-4-8(14)12(10)16/h1-6,20H. The van der Waals surface area contributed by atoms with Gasteiger partial charge in [-0.25, -0.2) is 4.57 Å². The van der Waals surface area contributed by atoms with Crippen LogP contribution >= 0.6 is 54.7 Å². The molecule has 0 unspecified atom stereocenters. The zero-order valence-electron chi connectivity index (χ0n) is 9.70. The van der Waals surface area contributed by atoms with Crippen LogP contribution in [0.15, 0.2) is 36.4 Å². The van der Waals surface area contributed by atoms with Crippen LogP contribution in [-0.4, -0.2) is 0 Å². The van der Waals surface area contributed by atoms with Gasteiger partial charge in [-0.3, -0.25) is 0 Å². The molecule has 8 heteroatoms. The summed E-state index contributed by atoms with van der Waals surface area (Å²) in [6.45, 7) is 0. The molecule has 0 spiro atoms. The second-order valence-electron chi connectivity index (χ2n) is 3.56. The van der Waals surface area contributed by atoms with E-state index in [2.05, 4.69) is 0 Å². The topological polar surface area (TPSA) is 35.5 Å². The summed E-state index contributed by atoms with van der Waals surface area (Å²) in [5, 5.41) is 0.904. The van der Waals surface area contributed by atoms with Crippen molar-refractivity contribution in [2.24, 2.45) is 0 Å². The predicted octanol–water partition coefficient (Wildman–Crippen LogP) is 6.15. The summed E-state index contributed by atoms with van der Waals surface area (Å²) in [4.78, 5) is 0. The molecule has 0 aliphatic carbocycles. The van der Waals surface area contributed by atoms with Gasteiger partial charge in [0.2, 0.25) is 0 Å². The maximum absolute atomic E-state index is 11.8. The summed E-state index contributed by atoms with van der Waals surface area (Å²) < 4.78 is 22.1. The molecule has 0 saturated carbocycles. The fourth-order valence-electron chi connectivity index (χ4n) is 1.33. The lowest BCUT2D eigenvalue weighted by atomic mass is 10.3. The first-order valence-corrected chi connectivity index (χ1v) is 8.00. The van der Waals surface area contributed by atoms with Crippen LogP contribution in [0.5, 0.6) is 11.5 Å². The van der Waals surface area contributed by atoms with Gasteiger partial charge >= 0.3 is 8.25 Å². The Labute approximate surface area is 136 Å². The average molecular weight is 372 g/mol. The molecule has 0 heterocycles. The van der Waals surface area contributed by atoms with Crippen molar-refractivity contribution in [1.29, 1.82) is 0 Å². The molecule has 3 nitrogen and oxygen atoms in total. The van der Waals surface area contributed by atoms with Crippen LogP contribution in [-0.2, 0) is 4.57 Å². The van der Waals surface area contributed by atoms with Crippen molar-refractivity contribution >= 4 is 54.7 Å². The van der Waals surface area contributed by atoms with E-state index in [0.717, 1.165) is 0 Å². The largest absolute Gasteiger partial charge is 0.419 e. The third-order valence-electron chi connectivity index (χ3n) is 2.22. The summed E-state index contributed by atoms with van der Waals surface area (Å²) >= 11 is 23.5. The van der Waals surface area contributed by atoms with Crippen LogP contribution in [0.4, 0.5) is 0 Å². The molecule has 0 atom stereocenters. The lowest BCUT2D eigenvalue weighted by molar-refractivity contribution is 0.416. The molecule has 0 bridgehead atoms. The van der Waals surface area contributed by atoms with Gasteiger partial charge in [-0.2, -0.15) is 0 Å². The van der Waals surface area contributed by atoms with E-state index >= 15 is 0 Å². The lowest BCUT2D eigenvalue weighted by Crippen LogP contribution is -1.90. The van der Waals surface area contributed by atoms with Crippen LogP contribution in [0.3, 0.4) is 0 Å². The molecule has 0 N–H and O–H groups in total. The zero-order chi connectivity index (χ0) is 14.7. The van der Waals surface area contributed by atoms with Crippen molar-refractivity contribution in [2.45, 2.75) is 0 Å². The van der Waals surface area contributed by atoms with Gasteiger partial charge in [-0.15, -0.1) is 0 Å². The van der Waals surface area contributed by atoms with Crippen LogP contribution < -0.4 is 9.05 Å². The molecule has 2 aromatic rings. The van der Waals surface area contributed by atoms with E-state index in [1.165, 1.54) is 12.1 Å². The van der Waals surface area contributed by atoms with Crippen LogP contribution in [0, 0.1) is 0 Å². The fraction of sp³-hybridized carbons (Fsp3) is 0. The Morgan fingerprint density at radius 1 is 0.750 bits per heavy atom. The average Bonchev–Trinajstić information content (AvgIpc) is 2.40. The molecule has 20 heavy (non-hydrogen) atoms. The van der Waals surface area contributed by atoms with Crippen molar-refractivity contribution in [2.75, 3.05) is 0 Å². The molecule has 0 aliphatic heterocycles. The van der Waals surface area contributed by atoms with Crippen LogP contribution in [0.25, 0.3) is 0 Å². The van der Waals surface area contributed by atoms with E-state index in [-0.39, 0.29) is 21.5 Å². The molecule has 0 fully saturated rings. The number of hydrogen-bond donors (Lipinski definition) is 0. The molecule has 106 valence electrons. The number of halogens is 4. The van der Waals surface area contributed by atoms with Gasteiger partial charge in [0.25, 0.3) is 0 Å². The number of hydrogen-bond acceptors (Lipinski definition) is 3. The minimum absolute atomic E-state index is 0.160. The molecule has 2 aromatic carbocycles. The van der Waals surface area contributed by atoms with Crippen molar-refractivity contribution in [3.8, 4) is 11.5 Å². The van der Waals surface area contributed by atoms with Crippen molar-refractivity contribution in [3.05, 3.63) is 56.5 Å².